The van der Waals surface area contributed by atoms with E-state index in [-0.39, 0.29) is 11.9 Å². The highest BCUT2D eigenvalue weighted by molar-refractivity contribution is 5.96. The molecule has 0 saturated carbocycles. The highest BCUT2D eigenvalue weighted by atomic mass is 16.5. The van der Waals surface area contributed by atoms with Crippen LogP contribution in [0, 0.1) is 0 Å². The summed E-state index contributed by atoms with van der Waals surface area (Å²) in [5.41, 5.74) is 3.38. The molecule has 24 heavy (non-hydrogen) atoms. The van der Waals surface area contributed by atoms with Gasteiger partial charge in [0.15, 0.2) is 11.5 Å². The third-order valence-electron chi connectivity index (χ3n) is 4.55. The number of hydrogen-bond donors (Lipinski definition) is 0. The quantitative estimate of drug-likeness (QED) is 0.843. The minimum atomic E-state index is 0.169. The van der Waals surface area contributed by atoms with E-state index in [1.54, 1.807) is 14.2 Å². The van der Waals surface area contributed by atoms with Crippen molar-refractivity contribution >= 4 is 11.6 Å². The summed E-state index contributed by atoms with van der Waals surface area (Å²) in [6.45, 7) is 2.11. The molecule has 0 aromatic heterocycles. The van der Waals surface area contributed by atoms with Gasteiger partial charge >= 0.3 is 0 Å². The van der Waals surface area contributed by atoms with Crippen LogP contribution in [0.1, 0.15) is 24.5 Å². The Hall–Kier alpha value is -2.49. The Morgan fingerprint density at radius 1 is 1.12 bits per heavy atom. The highest BCUT2D eigenvalue weighted by Crippen LogP contribution is 2.33. The molecule has 126 valence electrons. The van der Waals surface area contributed by atoms with E-state index in [2.05, 4.69) is 13.0 Å². The van der Waals surface area contributed by atoms with E-state index in [0.29, 0.717) is 24.3 Å². The number of amides is 1. The highest BCUT2D eigenvalue weighted by Gasteiger charge is 2.29. The average Bonchev–Trinajstić information content (AvgIpc) is 2.95. The van der Waals surface area contributed by atoms with E-state index in [1.165, 1.54) is 5.56 Å². The number of nitrogens with zero attached hydrogens (tertiary/aromatic N) is 1. The van der Waals surface area contributed by atoms with E-state index in [4.69, 9.17) is 9.47 Å². The maximum atomic E-state index is 12.7. The summed E-state index contributed by atoms with van der Waals surface area (Å²) in [5.74, 6) is 1.57. The van der Waals surface area contributed by atoms with Gasteiger partial charge in [-0.15, -0.1) is 0 Å². The van der Waals surface area contributed by atoms with Crippen molar-refractivity contribution in [1.82, 2.24) is 0 Å². The summed E-state index contributed by atoms with van der Waals surface area (Å²) in [7, 11) is 3.24. The Balaban J connectivity index is 1.70. The van der Waals surface area contributed by atoms with E-state index >= 15 is 0 Å². The van der Waals surface area contributed by atoms with Crippen LogP contribution < -0.4 is 14.4 Å². The number of fused-ring (bicyclic) bond motifs is 1. The van der Waals surface area contributed by atoms with E-state index in [9.17, 15) is 4.79 Å². The number of para-hydroxylation sites is 1. The first kappa shape index (κ1) is 16.4. The zero-order chi connectivity index (χ0) is 17.1. The number of anilines is 1. The van der Waals surface area contributed by atoms with Crippen molar-refractivity contribution in [2.24, 2.45) is 0 Å². The molecule has 0 spiro atoms. The first-order valence-electron chi connectivity index (χ1n) is 8.25. The van der Waals surface area contributed by atoms with Crippen LogP contribution in [0.5, 0.6) is 11.5 Å². The average molecular weight is 325 g/mol. The number of carbonyl (C=O) groups excluding carboxylic acids is 1. The van der Waals surface area contributed by atoms with Gasteiger partial charge in [0.25, 0.3) is 0 Å². The van der Waals surface area contributed by atoms with Gasteiger partial charge < -0.3 is 14.4 Å². The molecule has 1 aliphatic rings. The standard InChI is InChI=1S/C20H23NO3/c1-14-12-16-6-4-5-7-17(16)21(14)20(22)11-9-15-8-10-18(23-2)19(13-15)24-3/h4-8,10,13-14H,9,11-12H2,1-3H3/t14-/m0/s1. The Morgan fingerprint density at radius 2 is 1.88 bits per heavy atom. The number of benzene rings is 2. The summed E-state index contributed by atoms with van der Waals surface area (Å²) >= 11 is 0. The second-order valence-corrected chi connectivity index (χ2v) is 6.13. The molecule has 4 nitrogen and oxygen atoms in total. The number of rotatable bonds is 5. The lowest BCUT2D eigenvalue weighted by Crippen LogP contribution is -2.35. The Labute approximate surface area is 143 Å². The molecule has 0 unspecified atom stereocenters. The maximum absolute atomic E-state index is 12.7. The minimum absolute atomic E-state index is 0.169. The molecule has 4 heteroatoms. The van der Waals surface area contributed by atoms with Crippen LogP contribution in [0.4, 0.5) is 5.69 Å². The number of aryl methyl sites for hydroxylation is 1. The van der Waals surface area contributed by atoms with Crippen molar-refractivity contribution in [3.8, 4) is 11.5 Å². The van der Waals surface area contributed by atoms with Crippen molar-refractivity contribution in [2.45, 2.75) is 32.2 Å². The molecule has 2 aromatic rings. The number of hydrogen-bond acceptors (Lipinski definition) is 3. The summed E-state index contributed by atoms with van der Waals surface area (Å²) in [5, 5.41) is 0. The lowest BCUT2D eigenvalue weighted by Gasteiger charge is -2.22. The number of carbonyl (C=O) groups is 1. The first-order valence-corrected chi connectivity index (χ1v) is 8.25. The van der Waals surface area contributed by atoms with Crippen LogP contribution in [-0.2, 0) is 17.6 Å². The van der Waals surface area contributed by atoms with Crippen LogP contribution >= 0.6 is 0 Å². The van der Waals surface area contributed by atoms with E-state index < -0.39 is 0 Å². The molecule has 0 bridgehead atoms. The summed E-state index contributed by atoms with van der Waals surface area (Å²) < 4.78 is 10.6. The smallest absolute Gasteiger partial charge is 0.227 e. The van der Waals surface area contributed by atoms with Crippen LogP contribution in [0.3, 0.4) is 0 Å². The van der Waals surface area contributed by atoms with Crippen molar-refractivity contribution in [1.29, 1.82) is 0 Å². The molecule has 3 rings (SSSR count). The monoisotopic (exact) mass is 325 g/mol. The van der Waals surface area contributed by atoms with Crippen LogP contribution in [0.15, 0.2) is 42.5 Å². The predicted octanol–water partition coefficient (Wildman–Crippen LogP) is 3.61. The molecule has 0 aliphatic carbocycles. The van der Waals surface area contributed by atoms with Crippen LogP contribution in [0.25, 0.3) is 0 Å². The molecule has 1 atom stereocenters. The van der Waals surface area contributed by atoms with Crippen LogP contribution in [0.2, 0.25) is 0 Å². The van der Waals surface area contributed by atoms with Gasteiger partial charge in [0, 0.05) is 18.2 Å². The molecule has 0 N–H and O–H groups in total. The fraction of sp³-hybridized carbons (Fsp3) is 0.350. The van der Waals surface area contributed by atoms with E-state index in [0.717, 1.165) is 17.7 Å². The first-order chi connectivity index (χ1) is 11.6. The van der Waals surface area contributed by atoms with Gasteiger partial charge in [-0.2, -0.15) is 0 Å². The molecule has 0 saturated heterocycles. The lowest BCUT2D eigenvalue weighted by atomic mass is 10.1. The van der Waals surface area contributed by atoms with Gasteiger partial charge in [-0.3, -0.25) is 4.79 Å². The molecular formula is C20H23NO3. The zero-order valence-corrected chi connectivity index (χ0v) is 14.4. The fourth-order valence-corrected chi connectivity index (χ4v) is 3.35. The largest absolute Gasteiger partial charge is 0.493 e. The Kier molecular flexibility index (Phi) is 4.74. The summed E-state index contributed by atoms with van der Waals surface area (Å²) in [6.07, 6.45) is 2.09. The predicted molar refractivity (Wildman–Crippen MR) is 95.0 cm³/mol. The molecular weight excluding hydrogens is 302 g/mol. The normalized spacial score (nSPS) is 16.0. The van der Waals surface area contributed by atoms with Gasteiger partial charge in [-0.05, 0) is 49.1 Å². The van der Waals surface area contributed by atoms with Gasteiger partial charge in [-0.1, -0.05) is 24.3 Å². The molecule has 0 radical (unpaired) electrons. The number of ether oxygens (including phenoxy) is 2. The Morgan fingerprint density at radius 3 is 2.62 bits per heavy atom. The number of methoxy groups -OCH3 is 2. The third-order valence-corrected chi connectivity index (χ3v) is 4.55. The summed E-state index contributed by atoms with van der Waals surface area (Å²) in [6, 6.07) is 14.2. The van der Waals surface area contributed by atoms with Gasteiger partial charge in [0.1, 0.15) is 0 Å². The summed E-state index contributed by atoms with van der Waals surface area (Å²) in [4.78, 5) is 14.7. The molecule has 0 fully saturated rings. The lowest BCUT2D eigenvalue weighted by molar-refractivity contribution is -0.118. The minimum Gasteiger partial charge on any atom is -0.493 e. The Bertz CT molecular complexity index is 741. The van der Waals surface area contributed by atoms with Crippen molar-refractivity contribution in [3.63, 3.8) is 0 Å². The van der Waals surface area contributed by atoms with Crippen LogP contribution in [-0.4, -0.2) is 26.2 Å². The van der Waals surface area contributed by atoms with Gasteiger partial charge in [-0.25, -0.2) is 0 Å². The van der Waals surface area contributed by atoms with Crippen molar-refractivity contribution < 1.29 is 14.3 Å². The molecule has 2 aromatic carbocycles. The fourth-order valence-electron chi connectivity index (χ4n) is 3.35. The maximum Gasteiger partial charge on any atom is 0.227 e. The van der Waals surface area contributed by atoms with Gasteiger partial charge in [0.2, 0.25) is 5.91 Å². The SMILES string of the molecule is COc1ccc(CCC(=O)N2c3ccccc3C[C@@H]2C)cc1OC. The van der Waals surface area contributed by atoms with Crippen molar-refractivity contribution in [2.75, 3.05) is 19.1 Å². The van der Waals surface area contributed by atoms with Crippen molar-refractivity contribution in [3.05, 3.63) is 53.6 Å². The molecule has 1 aliphatic heterocycles. The van der Waals surface area contributed by atoms with E-state index in [1.807, 2.05) is 41.3 Å². The van der Waals surface area contributed by atoms with Gasteiger partial charge in [0.05, 0.1) is 14.2 Å². The molecule has 1 amide bonds. The third kappa shape index (κ3) is 3.09. The molecule has 1 heterocycles. The topological polar surface area (TPSA) is 38.8 Å². The second-order valence-electron chi connectivity index (χ2n) is 6.13. The zero-order valence-electron chi connectivity index (χ0n) is 14.4. The second kappa shape index (κ2) is 6.95.